The molecule has 5 nitrogen and oxygen atoms in total. The third-order valence-electron chi connectivity index (χ3n) is 4.65. The predicted molar refractivity (Wildman–Crippen MR) is 112 cm³/mol. The molecule has 0 heterocycles. The average Bonchev–Trinajstić information content (AvgIpc) is 2.67. The largest absolute Gasteiger partial charge is 0.347 e. The second-order valence-corrected chi connectivity index (χ2v) is 7.07. The van der Waals surface area contributed by atoms with Crippen LogP contribution in [0.2, 0.25) is 0 Å². The fourth-order valence-electron chi connectivity index (χ4n) is 3.13. The zero-order chi connectivity index (χ0) is 20.7. The van der Waals surface area contributed by atoms with Gasteiger partial charge in [0.1, 0.15) is 0 Å². The molecule has 0 unspecified atom stereocenters. The highest BCUT2D eigenvalue weighted by atomic mass is 16.2. The van der Waals surface area contributed by atoms with E-state index in [2.05, 4.69) is 17.6 Å². The molecule has 2 N–H and O–H groups in total. The van der Waals surface area contributed by atoms with Gasteiger partial charge in [0.05, 0.1) is 6.54 Å². The maximum Gasteiger partial charge on any atom is 0.243 e. The fraction of sp³-hybridized carbons (Fsp3) is 0.348. The van der Waals surface area contributed by atoms with E-state index in [0.717, 1.165) is 28.8 Å². The number of nitrogens with one attached hydrogen (secondary N) is 2. The van der Waals surface area contributed by atoms with E-state index in [4.69, 9.17) is 0 Å². The molecule has 0 fully saturated rings. The molecule has 0 radical (unpaired) electrons. The van der Waals surface area contributed by atoms with Gasteiger partial charge in [0.25, 0.3) is 0 Å². The van der Waals surface area contributed by atoms with Gasteiger partial charge in [-0.2, -0.15) is 0 Å². The molecule has 0 saturated heterocycles. The van der Waals surface area contributed by atoms with Gasteiger partial charge in [-0.1, -0.05) is 48.9 Å². The van der Waals surface area contributed by atoms with E-state index in [-0.39, 0.29) is 37.0 Å². The molecule has 0 aromatic heterocycles. The normalized spacial score (nSPS) is 10.4. The molecule has 0 aliphatic rings. The maximum atomic E-state index is 12.2. The SMILES string of the molecule is CCc1ccc(C(=O)CCC(=O)NCC(=O)Nc2c(C)cc(C)cc2C)cc1. The average molecular weight is 380 g/mol. The van der Waals surface area contributed by atoms with Gasteiger partial charge >= 0.3 is 0 Å². The zero-order valence-electron chi connectivity index (χ0n) is 17.0. The van der Waals surface area contributed by atoms with Crippen LogP contribution in [0.5, 0.6) is 0 Å². The Morgan fingerprint density at radius 2 is 1.46 bits per heavy atom. The van der Waals surface area contributed by atoms with Crippen LogP contribution in [0.15, 0.2) is 36.4 Å². The van der Waals surface area contributed by atoms with Crippen molar-refractivity contribution in [3.05, 3.63) is 64.2 Å². The number of rotatable bonds is 8. The Morgan fingerprint density at radius 3 is 2.04 bits per heavy atom. The Kier molecular flexibility index (Phi) is 7.50. The van der Waals surface area contributed by atoms with Crippen LogP contribution in [0.3, 0.4) is 0 Å². The number of aryl methyl sites for hydroxylation is 4. The number of Topliss-reactive ketones (excluding diaryl/α,β-unsaturated/α-hetero) is 1. The third kappa shape index (κ3) is 6.05. The summed E-state index contributed by atoms with van der Waals surface area (Å²) in [6.07, 6.45) is 1.10. The first kappa shape index (κ1) is 21.4. The number of carbonyl (C=O) groups is 3. The lowest BCUT2D eigenvalue weighted by atomic mass is 10.0. The summed E-state index contributed by atoms with van der Waals surface area (Å²) >= 11 is 0. The molecule has 2 amide bonds. The summed E-state index contributed by atoms with van der Waals surface area (Å²) in [4.78, 5) is 36.3. The van der Waals surface area contributed by atoms with Crippen molar-refractivity contribution in [2.24, 2.45) is 0 Å². The van der Waals surface area contributed by atoms with Gasteiger partial charge in [0.15, 0.2) is 5.78 Å². The lowest BCUT2D eigenvalue weighted by Crippen LogP contribution is -2.33. The molecule has 0 aliphatic carbocycles. The molecular weight excluding hydrogens is 352 g/mol. The molecular formula is C23H28N2O3. The van der Waals surface area contributed by atoms with Gasteiger partial charge in [0, 0.05) is 24.1 Å². The van der Waals surface area contributed by atoms with Crippen molar-refractivity contribution in [1.29, 1.82) is 0 Å². The number of ketones is 1. The molecule has 2 aromatic carbocycles. The minimum atomic E-state index is -0.314. The lowest BCUT2D eigenvalue weighted by molar-refractivity contribution is -0.124. The van der Waals surface area contributed by atoms with Gasteiger partial charge < -0.3 is 10.6 Å². The van der Waals surface area contributed by atoms with Crippen molar-refractivity contribution < 1.29 is 14.4 Å². The van der Waals surface area contributed by atoms with E-state index in [0.29, 0.717) is 5.56 Å². The standard InChI is InChI=1S/C23H28N2O3/c1-5-18-6-8-19(9-7-18)20(26)10-11-21(27)24-14-22(28)25-23-16(3)12-15(2)13-17(23)4/h6-9,12-13H,5,10-11,14H2,1-4H3,(H,24,27)(H,25,28). The summed E-state index contributed by atoms with van der Waals surface area (Å²) in [7, 11) is 0. The van der Waals surface area contributed by atoms with Crippen LogP contribution in [-0.2, 0) is 16.0 Å². The van der Waals surface area contributed by atoms with Gasteiger partial charge in [-0.15, -0.1) is 0 Å². The summed E-state index contributed by atoms with van der Waals surface area (Å²) in [5.41, 5.74) is 5.65. The van der Waals surface area contributed by atoms with Crippen LogP contribution in [-0.4, -0.2) is 24.1 Å². The van der Waals surface area contributed by atoms with Crippen molar-refractivity contribution in [1.82, 2.24) is 5.32 Å². The van der Waals surface area contributed by atoms with E-state index in [1.54, 1.807) is 12.1 Å². The second kappa shape index (κ2) is 9.83. The molecule has 2 aromatic rings. The van der Waals surface area contributed by atoms with E-state index in [1.807, 2.05) is 45.0 Å². The first-order valence-electron chi connectivity index (χ1n) is 9.56. The lowest BCUT2D eigenvalue weighted by Gasteiger charge is -2.13. The van der Waals surface area contributed by atoms with Gasteiger partial charge in [-0.05, 0) is 43.9 Å². The molecule has 0 atom stereocenters. The van der Waals surface area contributed by atoms with Crippen molar-refractivity contribution in [3.63, 3.8) is 0 Å². The molecule has 0 aliphatic heterocycles. The number of carbonyl (C=O) groups excluding carboxylic acids is 3. The van der Waals surface area contributed by atoms with Crippen molar-refractivity contribution in [2.75, 3.05) is 11.9 Å². The van der Waals surface area contributed by atoms with Crippen LogP contribution in [0, 0.1) is 20.8 Å². The maximum absolute atomic E-state index is 12.2. The van der Waals surface area contributed by atoms with E-state index in [1.165, 1.54) is 5.56 Å². The first-order chi connectivity index (χ1) is 13.3. The second-order valence-electron chi connectivity index (χ2n) is 7.07. The molecule has 148 valence electrons. The van der Waals surface area contributed by atoms with Crippen LogP contribution in [0.1, 0.15) is 52.4 Å². The number of anilines is 1. The Labute approximate surface area is 166 Å². The van der Waals surface area contributed by atoms with Crippen molar-refractivity contribution in [2.45, 2.75) is 47.0 Å². The summed E-state index contributed by atoms with van der Waals surface area (Å²) in [6, 6.07) is 11.4. The zero-order valence-corrected chi connectivity index (χ0v) is 17.0. The highest BCUT2D eigenvalue weighted by molar-refractivity contribution is 5.99. The van der Waals surface area contributed by atoms with E-state index in [9.17, 15) is 14.4 Å². The van der Waals surface area contributed by atoms with Crippen LogP contribution < -0.4 is 10.6 Å². The number of amides is 2. The van der Waals surface area contributed by atoms with Crippen molar-refractivity contribution >= 4 is 23.3 Å². The van der Waals surface area contributed by atoms with Gasteiger partial charge in [0.2, 0.25) is 11.8 Å². The molecule has 0 bridgehead atoms. The molecule has 5 heteroatoms. The van der Waals surface area contributed by atoms with Gasteiger partial charge in [-0.3, -0.25) is 14.4 Å². The topological polar surface area (TPSA) is 75.3 Å². The fourth-order valence-corrected chi connectivity index (χ4v) is 3.13. The smallest absolute Gasteiger partial charge is 0.243 e. The summed E-state index contributed by atoms with van der Waals surface area (Å²) in [5, 5.41) is 5.42. The van der Waals surface area contributed by atoms with Crippen LogP contribution in [0.4, 0.5) is 5.69 Å². The molecule has 0 saturated carbocycles. The highest BCUT2D eigenvalue weighted by Crippen LogP contribution is 2.21. The summed E-state index contributed by atoms with van der Waals surface area (Å²) < 4.78 is 0. The predicted octanol–water partition coefficient (Wildman–Crippen LogP) is 3.89. The monoisotopic (exact) mass is 380 g/mol. The molecule has 0 spiro atoms. The molecule has 28 heavy (non-hydrogen) atoms. The van der Waals surface area contributed by atoms with Crippen LogP contribution in [0.25, 0.3) is 0 Å². The summed E-state index contributed by atoms with van der Waals surface area (Å²) in [6.45, 7) is 7.81. The van der Waals surface area contributed by atoms with E-state index < -0.39 is 0 Å². The number of benzene rings is 2. The minimum Gasteiger partial charge on any atom is -0.347 e. The number of hydrogen-bond acceptors (Lipinski definition) is 3. The van der Waals surface area contributed by atoms with Crippen molar-refractivity contribution in [3.8, 4) is 0 Å². The Balaban J connectivity index is 1.78. The van der Waals surface area contributed by atoms with Gasteiger partial charge in [-0.25, -0.2) is 0 Å². The summed E-state index contributed by atoms with van der Waals surface area (Å²) in [5.74, 6) is -0.677. The van der Waals surface area contributed by atoms with E-state index >= 15 is 0 Å². The Bertz CT molecular complexity index is 847. The third-order valence-corrected chi connectivity index (χ3v) is 4.65. The minimum absolute atomic E-state index is 0.0598. The molecule has 2 rings (SSSR count). The highest BCUT2D eigenvalue weighted by Gasteiger charge is 2.12. The number of hydrogen-bond donors (Lipinski definition) is 2. The Hall–Kier alpha value is -2.95. The quantitative estimate of drug-likeness (QED) is 0.682. The first-order valence-corrected chi connectivity index (χ1v) is 9.56. The van der Waals surface area contributed by atoms with Crippen LogP contribution >= 0.6 is 0 Å². The Morgan fingerprint density at radius 1 is 0.857 bits per heavy atom.